The van der Waals surface area contributed by atoms with Crippen LogP contribution in [0.2, 0.25) is 0 Å². The zero-order valence-electron chi connectivity index (χ0n) is 28.7. The molecule has 45 heavy (non-hydrogen) atoms. The Labute approximate surface area is 271 Å². The number of carbonyl (C=O) groups is 1. The van der Waals surface area contributed by atoms with Crippen LogP contribution in [0.15, 0.2) is 101 Å². The Morgan fingerprint density at radius 1 is 1.13 bits per heavy atom. The van der Waals surface area contributed by atoms with Crippen molar-refractivity contribution in [3.63, 3.8) is 0 Å². The lowest BCUT2D eigenvalue weighted by molar-refractivity contribution is -0.131. The maximum Gasteiger partial charge on any atom is 0.327 e. The number of aromatic nitrogens is 1. The van der Waals surface area contributed by atoms with Crippen molar-refractivity contribution in [3.05, 3.63) is 97.0 Å². The number of nitrogens with one attached hydrogen (secondary N) is 2. The lowest BCUT2D eigenvalue weighted by Crippen LogP contribution is -2.45. The summed E-state index contributed by atoms with van der Waals surface area (Å²) in [4.78, 5) is 9.67. The molecule has 0 spiro atoms. The number of aliphatic carboxylic acids is 1. The van der Waals surface area contributed by atoms with Crippen molar-refractivity contribution in [3.8, 4) is 17.0 Å². The maximum absolute atomic E-state index is 10.6. The number of β-amino-alcohol motifs (C(OH)–C–C–N with tert-alkyl or cyclic N) is 1. The Kier molecular flexibility index (Phi) is 22.3. The number of hydrogen-bond acceptors (Lipinski definition) is 7. The predicted octanol–water partition coefficient (Wildman–Crippen LogP) is 8.25. The summed E-state index contributed by atoms with van der Waals surface area (Å²) in [5.41, 5.74) is 3.54. The largest absolute Gasteiger partial charge is 0.490 e. The summed E-state index contributed by atoms with van der Waals surface area (Å²) in [6, 6.07) is 9.72. The molecule has 0 radical (unpaired) electrons. The fraction of sp³-hybridized carbons (Fsp3) is 0.459. The maximum atomic E-state index is 10.6. The smallest absolute Gasteiger partial charge is 0.327 e. The first-order valence-electron chi connectivity index (χ1n) is 15.8. The van der Waals surface area contributed by atoms with Gasteiger partial charge in [0.2, 0.25) is 0 Å². The summed E-state index contributed by atoms with van der Waals surface area (Å²) in [6.07, 6.45) is 17.4. The van der Waals surface area contributed by atoms with Gasteiger partial charge in [-0.2, -0.15) is 0 Å². The number of carboxylic acid groups (broad SMARTS) is 1. The molecule has 0 bridgehead atoms. The molecule has 2 rings (SSSR count). The average Bonchev–Trinajstić information content (AvgIpc) is 3.58. The van der Waals surface area contributed by atoms with Crippen LogP contribution in [0, 0.1) is 0 Å². The van der Waals surface area contributed by atoms with E-state index >= 15 is 0 Å². The molecule has 1 heterocycles. The summed E-state index contributed by atoms with van der Waals surface area (Å²) in [5, 5.41) is 29.6. The molecule has 0 saturated carbocycles. The Morgan fingerprint density at radius 2 is 1.82 bits per heavy atom. The Bertz CT molecular complexity index is 1200. The van der Waals surface area contributed by atoms with E-state index in [1.54, 1.807) is 12.1 Å². The molecule has 0 saturated heterocycles. The topological polar surface area (TPSA) is 117 Å². The second-order valence-corrected chi connectivity index (χ2v) is 10.9. The van der Waals surface area contributed by atoms with Crippen LogP contribution in [-0.2, 0) is 4.79 Å². The van der Waals surface area contributed by atoms with Crippen LogP contribution in [0.3, 0.4) is 0 Å². The number of aliphatic hydroxyl groups is 1. The Balaban J connectivity index is 0.00000189. The van der Waals surface area contributed by atoms with E-state index in [1.165, 1.54) is 11.8 Å². The van der Waals surface area contributed by atoms with Gasteiger partial charge in [-0.1, -0.05) is 75.0 Å². The zero-order chi connectivity index (χ0) is 34.1. The third kappa shape index (κ3) is 19.2. The van der Waals surface area contributed by atoms with Crippen LogP contribution in [0.1, 0.15) is 81.1 Å². The molecule has 2 aromatic rings. The van der Waals surface area contributed by atoms with Crippen molar-refractivity contribution < 1.29 is 24.3 Å². The third-order valence-electron chi connectivity index (χ3n) is 6.30. The number of allylic oxidation sites excluding steroid dienone is 5. The monoisotopic (exact) mass is 623 g/mol. The minimum Gasteiger partial charge on any atom is -0.490 e. The number of nitrogens with zero attached hydrogens (tertiary/aromatic N) is 1. The molecule has 8 nitrogen and oxygen atoms in total. The Hall–Kier alpha value is -3.88. The van der Waals surface area contributed by atoms with E-state index in [-0.39, 0.29) is 12.1 Å². The van der Waals surface area contributed by atoms with E-state index in [1.807, 2.05) is 65.0 Å². The average molecular weight is 624 g/mol. The highest BCUT2D eigenvalue weighted by Gasteiger charge is 2.22. The van der Waals surface area contributed by atoms with Crippen molar-refractivity contribution in [2.45, 2.75) is 98.8 Å². The SMILES string of the molecule is C=C(C/C=C\C)/C(=C\NC(C)C/C=C\C)CC(C)(C)NCC(O)COc1ccccc1-c1ccon1.CC.CC/C=C/C(=O)O. The standard InChI is InChI=1S/C30H43N3O3.C5H8O2.C2H6/c1-7-9-13-23(3)25(20-31-24(4)14-10-8-2)19-30(5,6)32-21-26(34)22-35-29-16-12-11-15-27(29)28-17-18-36-33-28;1-2-3-4-5(6)7;1-2/h7-12,15-18,20,24,26,31-32,34H,3,13-14,19,21-22H2,1-2,4-6H3;3-4H,2H2,1H3,(H,6,7);1-2H3/b9-7-,10-8-,25-20-;4-3+;. The number of para-hydroxylation sites is 1. The molecule has 4 N–H and O–H groups in total. The molecule has 0 aliphatic carbocycles. The van der Waals surface area contributed by atoms with E-state index in [0.29, 0.717) is 24.0 Å². The Morgan fingerprint density at radius 3 is 2.40 bits per heavy atom. The fourth-order valence-electron chi connectivity index (χ4n) is 3.87. The zero-order valence-corrected chi connectivity index (χ0v) is 28.7. The summed E-state index contributed by atoms with van der Waals surface area (Å²) in [7, 11) is 0. The van der Waals surface area contributed by atoms with E-state index in [9.17, 15) is 9.90 Å². The van der Waals surface area contributed by atoms with Gasteiger partial charge >= 0.3 is 5.97 Å². The number of rotatable bonds is 18. The number of ether oxygens (including phenoxy) is 1. The van der Waals surface area contributed by atoms with Crippen LogP contribution in [-0.4, -0.2) is 52.2 Å². The first-order valence-corrected chi connectivity index (χ1v) is 15.8. The molecular formula is C37H57N3O5. The normalized spacial score (nSPS) is 13.1. The molecule has 0 fully saturated rings. The number of benzene rings is 1. The van der Waals surface area contributed by atoms with Gasteiger partial charge in [0.05, 0.1) is 0 Å². The van der Waals surface area contributed by atoms with Gasteiger partial charge in [0.25, 0.3) is 0 Å². The van der Waals surface area contributed by atoms with Crippen molar-refractivity contribution >= 4 is 5.97 Å². The number of aliphatic hydroxyl groups excluding tert-OH is 1. The van der Waals surface area contributed by atoms with E-state index in [4.69, 9.17) is 14.4 Å². The minimum absolute atomic E-state index is 0.165. The first-order chi connectivity index (χ1) is 21.5. The molecule has 1 aromatic carbocycles. The minimum atomic E-state index is -0.873. The van der Waals surface area contributed by atoms with Gasteiger partial charge in [-0.15, -0.1) is 0 Å². The van der Waals surface area contributed by atoms with Crippen molar-refractivity contribution in [1.29, 1.82) is 0 Å². The van der Waals surface area contributed by atoms with E-state index in [0.717, 1.165) is 42.9 Å². The van der Waals surface area contributed by atoms with Crippen LogP contribution in [0.5, 0.6) is 5.75 Å². The molecule has 2 unspecified atom stereocenters. The van der Waals surface area contributed by atoms with Crippen molar-refractivity contribution in [2.24, 2.45) is 0 Å². The summed E-state index contributed by atoms with van der Waals surface area (Å²) < 4.78 is 10.9. The summed E-state index contributed by atoms with van der Waals surface area (Å²) in [5.74, 6) is -0.213. The summed E-state index contributed by atoms with van der Waals surface area (Å²) >= 11 is 0. The van der Waals surface area contributed by atoms with E-state index < -0.39 is 12.1 Å². The highest BCUT2D eigenvalue weighted by molar-refractivity contribution is 5.79. The highest BCUT2D eigenvalue weighted by Crippen LogP contribution is 2.28. The summed E-state index contributed by atoms with van der Waals surface area (Å²) in [6.45, 7) is 21.3. The van der Waals surface area contributed by atoms with Gasteiger partial charge in [0, 0.05) is 42.0 Å². The first kappa shape index (κ1) is 41.1. The van der Waals surface area contributed by atoms with Crippen LogP contribution in [0.25, 0.3) is 11.3 Å². The number of carboxylic acids is 1. The molecule has 0 aliphatic rings. The molecule has 1 aromatic heterocycles. The highest BCUT2D eigenvalue weighted by atomic mass is 16.5. The molecular weight excluding hydrogens is 566 g/mol. The van der Waals surface area contributed by atoms with Crippen LogP contribution >= 0.6 is 0 Å². The van der Waals surface area contributed by atoms with Gasteiger partial charge in [-0.25, -0.2) is 4.79 Å². The van der Waals surface area contributed by atoms with Gasteiger partial charge in [0.15, 0.2) is 0 Å². The lowest BCUT2D eigenvalue weighted by Gasteiger charge is -2.30. The van der Waals surface area contributed by atoms with Crippen LogP contribution in [0.4, 0.5) is 0 Å². The molecule has 250 valence electrons. The second kappa shape index (κ2) is 24.4. The van der Waals surface area contributed by atoms with Gasteiger partial charge < -0.3 is 30.1 Å². The second-order valence-electron chi connectivity index (χ2n) is 10.9. The van der Waals surface area contributed by atoms with Gasteiger partial charge in [-0.3, -0.25) is 0 Å². The van der Waals surface area contributed by atoms with Gasteiger partial charge in [-0.05, 0) is 83.6 Å². The molecule has 0 amide bonds. The van der Waals surface area contributed by atoms with Crippen LogP contribution < -0.4 is 15.4 Å². The van der Waals surface area contributed by atoms with E-state index in [2.05, 4.69) is 67.6 Å². The molecule has 2 atom stereocenters. The predicted molar refractivity (Wildman–Crippen MR) is 187 cm³/mol. The quantitative estimate of drug-likeness (QED) is 0.0745. The fourth-order valence-corrected chi connectivity index (χ4v) is 3.87. The molecule has 8 heteroatoms. The van der Waals surface area contributed by atoms with Crippen molar-refractivity contribution in [1.82, 2.24) is 15.8 Å². The third-order valence-corrected chi connectivity index (χ3v) is 6.30. The van der Waals surface area contributed by atoms with Crippen molar-refractivity contribution in [2.75, 3.05) is 13.2 Å². The number of hydrogen-bond donors (Lipinski definition) is 4. The lowest BCUT2D eigenvalue weighted by atomic mass is 9.90. The van der Waals surface area contributed by atoms with Gasteiger partial charge in [0.1, 0.15) is 30.4 Å². The molecule has 0 aliphatic heterocycles.